The Balaban J connectivity index is 2.67. The minimum absolute atomic E-state index is 0.144. The molecule has 0 fully saturated rings. The molecule has 1 atom stereocenters. The molecular formula is C13H18O2. The van der Waals surface area contributed by atoms with E-state index < -0.39 is 0 Å². The van der Waals surface area contributed by atoms with Crippen molar-refractivity contribution in [2.75, 3.05) is 6.61 Å². The molecule has 82 valence electrons. The maximum Gasteiger partial charge on any atom is 0.330 e. The van der Waals surface area contributed by atoms with Crippen LogP contribution in [-0.2, 0) is 9.53 Å². The number of hydrogen-bond donors (Lipinski definition) is 0. The van der Waals surface area contributed by atoms with Gasteiger partial charge in [0.2, 0.25) is 0 Å². The Labute approximate surface area is 91.3 Å². The molecule has 1 aliphatic rings. The number of carbonyl (C=O) groups excluding carboxylic acids is 1. The fourth-order valence-corrected chi connectivity index (χ4v) is 1.68. The average molecular weight is 206 g/mol. The Morgan fingerprint density at radius 2 is 2.40 bits per heavy atom. The van der Waals surface area contributed by atoms with E-state index in [9.17, 15) is 4.79 Å². The number of allylic oxidation sites excluding steroid dienone is 5. The zero-order valence-corrected chi connectivity index (χ0v) is 9.62. The predicted octanol–water partition coefficient (Wildman–Crippen LogP) is 3.02. The fourth-order valence-electron chi connectivity index (χ4n) is 1.68. The summed E-state index contributed by atoms with van der Waals surface area (Å²) < 4.78 is 4.83. The van der Waals surface area contributed by atoms with Crippen molar-refractivity contribution in [2.24, 2.45) is 5.41 Å². The van der Waals surface area contributed by atoms with Crippen molar-refractivity contribution in [3.8, 4) is 0 Å². The molecule has 0 spiro atoms. The molecule has 0 amide bonds. The van der Waals surface area contributed by atoms with Gasteiger partial charge >= 0.3 is 5.97 Å². The largest absolute Gasteiger partial charge is 0.463 e. The third kappa shape index (κ3) is 3.74. The van der Waals surface area contributed by atoms with E-state index in [1.165, 1.54) is 11.6 Å². The number of rotatable bonds is 3. The van der Waals surface area contributed by atoms with E-state index >= 15 is 0 Å². The molecule has 0 heterocycles. The molecule has 2 heteroatoms. The van der Waals surface area contributed by atoms with Gasteiger partial charge in [-0.15, -0.1) is 0 Å². The van der Waals surface area contributed by atoms with Gasteiger partial charge < -0.3 is 4.74 Å². The quantitative estimate of drug-likeness (QED) is 0.403. The molecule has 0 aromatic carbocycles. The van der Waals surface area contributed by atoms with Gasteiger partial charge in [0.25, 0.3) is 0 Å². The molecular weight excluding hydrogens is 188 g/mol. The van der Waals surface area contributed by atoms with Crippen molar-refractivity contribution in [3.05, 3.63) is 36.0 Å². The van der Waals surface area contributed by atoms with Crippen LogP contribution in [0.15, 0.2) is 36.0 Å². The summed E-state index contributed by atoms with van der Waals surface area (Å²) in [5, 5.41) is 0. The molecule has 0 radical (unpaired) electrons. The normalized spacial score (nSPS) is 25.4. The summed E-state index contributed by atoms with van der Waals surface area (Å²) in [4.78, 5) is 11.2. The van der Waals surface area contributed by atoms with E-state index in [1.54, 1.807) is 6.92 Å². The first-order valence-electron chi connectivity index (χ1n) is 5.28. The second-order valence-electron chi connectivity index (χ2n) is 4.05. The van der Waals surface area contributed by atoms with E-state index in [-0.39, 0.29) is 11.4 Å². The summed E-state index contributed by atoms with van der Waals surface area (Å²) in [6.45, 7) is 6.39. The molecule has 1 rings (SSSR count). The topological polar surface area (TPSA) is 26.3 Å². The first kappa shape index (κ1) is 11.8. The number of esters is 1. The van der Waals surface area contributed by atoms with Crippen LogP contribution in [0, 0.1) is 5.41 Å². The van der Waals surface area contributed by atoms with Gasteiger partial charge in [-0.05, 0) is 27.2 Å². The minimum atomic E-state index is -0.274. The summed E-state index contributed by atoms with van der Waals surface area (Å²) in [5.74, 6) is -0.274. The summed E-state index contributed by atoms with van der Waals surface area (Å²) in [6, 6.07) is 0. The third-order valence-electron chi connectivity index (χ3n) is 2.34. The molecule has 0 aromatic rings. The van der Waals surface area contributed by atoms with Crippen LogP contribution in [-0.4, -0.2) is 12.6 Å². The van der Waals surface area contributed by atoms with Gasteiger partial charge in [0.05, 0.1) is 6.61 Å². The van der Waals surface area contributed by atoms with Crippen LogP contribution in [0.3, 0.4) is 0 Å². The molecule has 0 bridgehead atoms. The second kappa shape index (κ2) is 4.96. The van der Waals surface area contributed by atoms with Gasteiger partial charge in [0, 0.05) is 11.5 Å². The number of carbonyl (C=O) groups is 1. The highest BCUT2D eigenvalue weighted by molar-refractivity contribution is 5.82. The molecule has 0 aromatic heterocycles. The smallest absolute Gasteiger partial charge is 0.330 e. The predicted molar refractivity (Wildman–Crippen MR) is 61.4 cm³/mol. The van der Waals surface area contributed by atoms with Gasteiger partial charge in [-0.1, -0.05) is 29.9 Å². The van der Waals surface area contributed by atoms with Crippen molar-refractivity contribution in [1.29, 1.82) is 0 Å². The fraction of sp³-hybridized carbons (Fsp3) is 0.462. The van der Waals surface area contributed by atoms with Crippen LogP contribution in [0.25, 0.3) is 0 Å². The van der Waals surface area contributed by atoms with Crippen LogP contribution >= 0.6 is 0 Å². The third-order valence-corrected chi connectivity index (χ3v) is 2.34. The van der Waals surface area contributed by atoms with Crippen molar-refractivity contribution in [2.45, 2.75) is 27.2 Å². The van der Waals surface area contributed by atoms with Crippen LogP contribution in [0.5, 0.6) is 0 Å². The van der Waals surface area contributed by atoms with Crippen molar-refractivity contribution in [1.82, 2.24) is 0 Å². The van der Waals surface area contributed by atoms with Crippen molar-refractivity contribution < 1.29 is 9.53 Å². The Kier molecular flexibility index (Phi) is 3.89. The van der Waals surface area contributed by atoms with Crippen molar-refractivity contribution >= 4 is 5.97 Å². The average Bonchev–Trinajstić information content (AvgIpc) is 2.15. The van der Waals surface area contributed by atoms with Gasteiger partial charge in [-0.25, -0.2) is 4.79 Å². The monoisotopic (exact) mass is 206 g/mol. The maximum absolute atomic E-state index is 11.2. The summed E-state index contributed by atoms with van der Waals surface area (Å²) in [5.41, 5.74) is 1.18. The molecule has 0 saturated carbocycles. The Morgan fingerprint density at radius 1 is 1.67 bits per heavy atom. The lowest BCUT2D eigenvalue weighted by Crippen LogP contribution is -2.10. The zero-order valence-electron chi connectivity index (χ0n) is 9.62. The molecule has 15 heavy (non-hydrogen) atoms. The van der Waals surface area contributed by atoms with E-state index in [2.05, 4.69) is 32.1 Å². The van der Waals surface area contributed by atoms with E-state index in [1.807, 2.05) is 6.08 Å². The molecule has 0 aliphatic heterocycles. The highest BCUT2D eigenvalue weighted by Gasteiger charge is 2.17. The lowest BCUT2D eigenvalue weighted by atomic mass is 9.83. The molecule has 0 N–H and O–H groups in total. The van der Waals surface area contributed by atoms with Gasteiger partial charge in [0.15, 0.2) is 0 Å². The molecule has 1 unspecified atom stereocenters. The zero-order chi connectivity index (χ0) is 11.3. The minimum Gasteiger partial charge on any atom is -0.463 e. The van der Waals surface area contributed by atoms with E-state index in [0.29, 0.717) is 6.61 Å². The molecule has 1 aliphatic carbocycles. The molecule has 0 saturated heterocycles. The number of ether oxygens (including phenoxy) is 1. The van der Waals surface area contributed by atoms with E-state index in [0.717, 1.165) is 6.42 Å². The summed E-state index contributed by atoms with van der Waals surface area (Å²) in [6.07, 6.45) is 10.8. The summed E-state index contributed by atoms with van der Waals surface area (Å²) in [7, 11) is 0. The van der Waals surface area contributed by atoms with Gasteiger partial charge in [-0.3, -0.25) is 0 Å². The highest BCUT2D eigenvalue weighted by atomic mass is 16.5. The SMILES string of the molecule is CCOC(=O)C=CC1(C)C=CCC(C)=C1. The van der Waals surface area contributed by atoms with Gasteiger partial charge in [-0.2, -0.15) is 0 Å². The lowest BCUT2D eigenvalue weighted by molar-refractivity contribution is -0.137. The van der Waals surface area contributed by atoms with Crippen LogP contribution in [0.2, 0.25) is 0 Å². The lowest BCUT2D eigenvalue weighted by Gasteiger charge is -2.21. The Bertz CT molecular complexity index is 323. The van der Waals surface area contributed by atoms with Crippen LogP contribution in [0.4, 0.5) is 0 Å². The Morgan fingerprint density at radius 3 is 3.00 bits per heavy atom. The first-order valence-corrected chi connectivity index (χ1v) is 5.28. The van der Waals surface area contributed by atoms with Crippen LogP contribution in [0.1, 0.15) is 27.2 Å². The maximum atomic E-state index is 11.2. The first-order chi connectivity index (χ1) is 7.06. The number of hydrogen-bond acceptors (Lipinski definition) is 2. The standard InChI is InChI=1S/C13H18O2/c1-4-15-12(14)7-9-13(3)8-5-6-11(2)10-13/h5,7-10H,4,6H2,1-3H3. The second-order valence-corrected chi connectivity index (χ2v) is 4.05. The molecule has 2 nitrogen and oxygen atoms in total. The van der Waals surface area contributed by atoms with Gasteiger partial charge in [0.1, 0.15) is 0 Å². The van der Waals surface area contributed by atoms with Crippen LogP contribution < -0.4 is 0 Å². The van der Waals surface area contributed by atoms with E-state index in [4.69, 9.17) is 4.74 Å². The highest BCUT2D eigenvalue weighted by Crippen LogP contribution is 2.29. The Hall–Kier alpha value is -1.31. The van der Waals surface area contributed by atoms with Crippen molar-refractivity contribution in [3.63, 3.8) is 0 Å². The summed E-state index contributed by atoms with van der Waals surface area (Å²) >= 11 is 0.